The second-order valence-corrected chi connectivity index (χ2v) is 9.08. The number of anilines is 3. The quantitative estimate of drug-likeness (QED) is 0.438. The maximum absolute atomic E-state index is 13.7. The van der Waals surface area contributed by atoms with Gasteiger partial charge in [-0.15, -0.1) is 10.2 Å². The number of nitrogens with zero attached hydrogens (tertiary/aromatic N) is 6. The molecule has 1 saturated heterocycles. The van der Waals surface area contributed by atoms with Gasteiger partial charge in [0.05, 0.1) is 6.42 Å². The van der Waals surface area contributed by atoms with Crippen molar-refractivity contribution in [1.82, 2.24) is 20.2 Å². The average Bonchev–Trinajstić information content (AvgIpc) is 3.55. The molecule has 182 valence electrons. The van der Waals surface area contributed by atoms with Gasteiger partial charge in [-0.3, -0.25) is 4.79 Å². The summed E-state index contributed by atoms with van der Waals surface area (Å²) >= 11 is 0. The van der Waals surface area contributed by atoms with Crippen molar-refractivity contribution in [1.29, 1.82) is 0 Å². The first kappa shape index (κ1) is 22.2. The van der Waals surface area contributed by atoms with Crippen LogP contribution in [0.5, 0.6) is 0 Å². The highest BCUT2D eigenvalue weighted by Gasteiger charge is 2.37. The van der Waals surface area contributed by atoms with Crippen LogP contribution in [0.3, 0.4) is 0 Å². The van der Waals surface area contributed by atoms with E-state index in [1.807, 2.05) is 66.4 Å². The van der Waals surface area contributed by atoms with Crippen LogP contribution >= 0.6 is 0 Å². The molecule has 0 aliphatic carbocycles. The zero-order valence-corrected chi connectivity index (χ0v) is 20.1. The third-order valence-electron chi connectivity index (χ3n) is 6.69. The third kappa shape index (κ3) is 4.17. The number of hydrogen-bond acceptors (Lipinski definition) is 8. The van der Waals surface area contributed by atoms with E-state index in [2.05, 4.69) is 25.4 Å². The van der Waals surface area contributed by atoms with Gasteiger partial charge >= 0.3 is 0 Å². The van der Waals surface area contributed by atoms with Crippen LogP contribution in [0.15, 0.2) is 65.2 Å². The zero-order valence-electron chi connectivity index (χ0n) is 20.1. The molecular formula is C27H27N7O2. The van der Waals surface area contributed by atoms with Gasteiger partial charge in [0.1, 0.15) is 11.4 Å². The number of rotatable bonds is 6. The standard InChI is InChI=1S/C27H27N7O2/c1-2-28-27-29-16-22-24(30-27)33-13-7-12-21(33)17-34(26(22)35)20-11-6-10-19(15-20)25-32-31-23(36-25)14-18-8-4-3-5-9-18/h3-6,8-11,15-16,21H,2,7,12-14,17H2,1H3,(H,28,29,30)/t21-/m0/s1. The summed E-state index contributed by atoms with van der Waals surface area (Å²) in [6.07, 6.45) is 4.30. The summed E-state index contributed by atoms with van der Waals surface area (Å²) in [7, 11) is 0. The molecule has 0 spiro atoms. The van der Waals surface area contributed by atoms with Crippen molar-refractivity contribution in [2.75, 3.05) is 34.8 Å². The minimum absolute atomic E-state index is 0.102. The maximum atomic E-state index is 13.7. The molecule has 1 N–H and O–H groups in total. The Bertz CT molecular complexity index is 1390. The Balaban J connectivity index is 1.31. The lowest BCUT2D eigenvalue weighted by Gasteiger charge is -2.27. The predicted octanol–water partition coefficient (Wildman–Crippen LogP) is 4.18. The second kappa shape index (κ2) is 9.41. The molecule has 9 heteroatoms. The van der Waals surface area contributed by atoms with E-state index in [4.69, 9.17) is 9.40 Å². The van der Waals surface area contributed by atoms with Crippen LogP contribution in [-0.4, -0.2) is 51.7 Å². The van der Waals surface area contributed by atoms with Crippen LogP contribution in [0.2, 0.25) is 0 Å². The lowest BCUT2D eigenvalue weighted by Crippen LogP contribution is -2.39. The summed E-state index contributed by atoms with van der Waals surface area (Å²) in [4.78, 5) is 26.9. The first-order valence-electron chi connectivity index (χ1n) is 12.4. The molecule has 2 aromatic carbocycles. The van der Waals surface area contributed by atoms with Crippen molar-refractivity contribution in [3.8, 4) is 11.5 Å². The first-order valence-corrected chi connectivity index (χ1v) is 12.4. The van der Waals surface area contributed by atoms with Gasteiger partial charge in [-0.25, -0.2) is 4.98 Å². The molecule has 1 fully saturated rings. The Kier molecular flexibility index (Phi) is 5.80. The molecule has 1 amide bonds. The Morgan fingerprint density at radius 2 is 2.00 bits per heavy atom. The number of nitrogens with one attached hydrogen (secondary N) is 1. The molecule has 9 nitrogen and oxygen atoms in total. The Hall–Kier alpha value is -4.27. The number of carbonyl (C=O) groups excluding carboxylic acids is 1. The summed E-state index contributed by atoms with van der Waals surface area (Å²) in [6.45, 7) is 4.19. The lowest BCUT2D eigenvalue weighted by atomic mass is 10.1. The van der Waals surface area contributed by atoms with Gasteiger partial charge in [0.25, 0.3) is 5.91 Å². The number of hydrogen-bond donors (Lipinski definition) is 1. The number of carbonyl (C=O) groups is 1. The highest BCUT2D eigenvalue weighted by Crippen LogP contribution is 2.35. The van der Waals surface area contributed by atoms with Crippen molar-refractivity contribution in [2.24, 2.45) is 0 Å². The first-order chi connectivity index (χ1) is 17.7. The van der Waals surface area contributed by atoms with Crippen molar-refractivity contribution < 1.29 is 9.21 Å². The van der Waals surface area contributed by atoms with Crippen molar-refractivity contribution in [3.63, 3.8) is 0 Å². The summed E-state index contributed by atoms with van der Waals surface area (Å²) in [5, 5.41) is 11.7. The largest absolute Gasteiger partial charge is 0.420 e. The number of fused-ring (bicyclic) bond motifs is 3. The van der Waals surface area contributed by atoms with Crippen molar-refractivity contribution >= 4 is 23.4 Å². The summed E-state index contributed by atoms with van der Waals surface area (Å²) < 4.78 is 5.97. The highest BCUT2D eigenvalue weighted by molar-refractivity contribution is 6.10. The number of benzene rings is 2. The van der Waals surface area contributed by atoms with E-state index in [0.29, 0.717) is 36.3 Å². The third-order valence-corrected chi connectivity index (χ3v) is 6.69. The summed E-state index contributed by atoms with van der Waals surface area (Å²) in [5.41, 5.74) is 3.19. The van der Waals surface area contributed by atoms with Gasteiger partial charge in [-0.05, 0) is 43.5 Å². The number of aromatic nitrogens is 4. The Labute approximate surface area is 209 Å². The minimum atomic E-state index is -0.102. The van der Waals surface area contributed by atoms with Gasteiger partial charge in [0, 0.05) is 43.1 Å². The van der Waals surface area contributed by atoms with Crippen LogP contribution in [0.1, 0.15) is 41.6 Å². The normalized spacial score (nSPS) is 17.0. The summed E-state index contributed by atoms with van der Waals surface area (Å²) in [5.74, 6) is 2.15. The smallest absolute Gasteiger partial charge is 0.263 e. The predicted molar refractivity (Wildman–Crippen MR) is 137 cm³/mol. The maximum Gasteiger partial charge on any atom is 0.263 e. The molecule has 2 aliphatic heterocycles. The molecule has 2 aliphatic rings. The second-order valence-electron chi connectivity index (χ2n) is 9.08. The van der Waals surface area contributed by atoms with Crippen molar-refractivity contribution in [3.05, 3.63) is 77.8 Å². The molecule has 4 aromatic rings. The van der Waals surface area contributed by atoms with E-state index in [9.17, 15) is 4.79 Å². The fourth-order valence-corrected chi connectivity index (χ4v) is 4.97. The van der Waals surface area contributed by atoms with Crippen LogP contribution in [0.25, 0.3) is 11.5 Å². The van der Waals surface area contributed by atoms with Gasteiger partial charge < -0.3 is 19.5 Å². The van der Waals surface area contributed by atoms with E-state index >= 15 is 0 Å². The minimum Gasteiger partial charge on any atom is -0.420 e. The molecule has 0 saturated carbocycles. The molecule has 0 unspecified atom stereocenters. The SMILES string of the molecule is CCNc1ncc2c(n1)N1CCC[C@H]1CN(c1cccc(-c3nnc(Cc4ccccc4)o3)c1)C2=O. The fourth-order valence-electron chi connectivity index (χ4n) is 4.97. The van der Waals surface area contributed by atoms with Gasteiger partial charge in [-0.1, -0.05) is 36.4 Å². The molecule has 6 rings (SSSR count). The van der Waals surface area contributed by atoms with Gasteiger partial charge in [0.15, 0.2) is 0 Å². The summed E-state index contributed by atoms with van der Waals surface area (Å²) in [6, 6.07) is 18.0. The molecule has 0 bridgehead atoms. The molecule has 2 aromatic heterocycles. The molecular weight excluding hydrogens is 454 g/mol. The fraction of sp³-hybridized carbons (Fsp3) is 0.296. The van der Waals surface area contributed by atoms with E-state index in [-0.39, 0.29) is 11.9 Å². The highest BCUT2D eigenvalue weighted by atomic mass is 16.4. The van der Waals surface area contributed by atoms with Crippen LogP contribution in [0, 0.1) is 0 Å². The van der Waals surface area contributed by atoms with E-state index < -0.39 is 0 Å². The van der Waals surface area contributed by atoms with Crippen LogP contribution in [-0.2, 0) is 6.42 Å². The lowest BCUT2D eigenvalue weighted by molar-refractivity contribution is 0.0988. The van der Waals surface area contributed by atoms with Crippen molar-refractivity contribution in [2.45, 2.75) is 32.2 Å². The van der Waals surface area contributed by atoms with Crippen LogP contribution in [0.4, 0.5) is 17.5 Å². The Morgan fingerprint density at radius 3 is 2.86 bits per heavy atom. The van der Waals surface area contributed by atoms with E-state index in [0.717, 1.165) is 48.6 Å². The topological polar surface area (TPSA) is 100 Å². The molecule has 36 heavy (non-hydrogen) atoms. The van der Waals surface area contributed by atoms with E-state index in [1.165, 1.54) is 0 Å². The molecule has 4 heterocycles. The monoisotopic (exact) mass is 481 g/mol. The van der Waals surface area contributed by atoms with Gasteiger partial charge in [0.2, 0.25) is 17.7 Å². The zero-order chi connectivity index (χ0) is 24.5. The Morgan fingerprint density at radius 1 is 1.11 bits per heavy atom. The van der Waals surface area contributed by atoms with E-state index in [1.54, 1.807) is 6.20 Å². The van der Waals surface area contributed by atoms with Gasteiger partial charge in [-0.2, -0.15) is 4.98 Å². The molecule has 1 atom stereocenters. The average molecular weight is 482 g/mol. The number of amides is 1. The molecule has 0 radical (unpaired) electrons. The van der Waals surface area contributed by atoms with Crippen LogP contribution < -0.4 is 15.1 Å².